The third kappa shape index (κ3) is 9.87. The van der Waals surface area contributed by atoms with Gasteiger partial charge in [0.15, 0.2) is 18.0 Å². The predicted molar refractivity (Wildman–Crippen MR) is 208 cm³/mol. The molecule has 1 aromatic carbocycles. The second-order valence-corrected chi connectivity index (χ2v) is 18.7. The number of hydrogen-bond donors (Lipinski definition) is 2. The zero-order chi connectivity index (χ0) is 42.8. The Kier molecular flexibility index (Phi) is 12.7. The first-order valence-electron chi connectivity index (χ1n) is 19.6. The predicted octanol–water partition coefficient (Wildman–Crippen LogP) is 5.09. The summed E-state index contributed by atoms with van der Waals surface area (Å²) in [4.78, 5) is 58.0. The number of benzene rings is 1. The Balaban J connectivity index is 1.39. The number of ether oxygens (including phenoxy) is 5. The van der Waals surface area contributed by atoms with Crippen molar-refractivity contribution < 1.29 is 56.5 Å². The maximum atomic E-state index is 15.0. The highest BCUT2D eigenvalue weighted by Gasteiger charge is 2.63. The zero-order valence-electron chi connectivity index (χ0n) is 34.0. The van der Waals surface area contributed by atoms with Crippen LogP contribution in [0.25, 0.3) is 5.52 Å². The van der Waals surface area contributed by atoms with Gasteiger partial charge in [0, 0.05) is 0 Å². The summed E-state index contributed by atoms with van der Waals surface area (Å²) in [5, 5.41) is 18.0. The van der Waals surface area contributed by atoms with E-state index in [1.807, 2.05) is 0 Å². The summed E-state index contributed by atoms with van der Waals surface area (Å²) >= 11 is 0. The van der Waals surface area contributed by atoms with Gasteiger partial charge >= 0.3 is 31.6 Å². The second-order valence-electron chi connectivity index (χ2n) is 17.0. The van der Waals surface area contributed by atoms with Gasteiger partial charge in [-0.1, -0.05) is 18.2 Å². The summed E-state index contributed by atoms with van der Waals surface area (Å²) in [6.45, 7) is 8.89. The highest BCUT2D eigenvalue weighted by atomic mass is 31.2. The molecule has 1 aliphatic heterocycles. The quantitative estimate of drug-likeness (QED) is 0.115. The van der Waals surface area contributed by atoms with Crippen LogP contribution in [0.5, 0.6) is 5.75 Å². The number of nitriles is 1. The van der Waals surface area contributed by atoms with Crippen LogP contribution in [0.1, 0.15) is 92.2 Å². The minimum atomic E-state index is -4.76. The molecule has 19 heteroatoms. The molecule has 3 N–H and O–H groups in total. The molecular weight excluding hydrogens is 787 g/mol. The lowest BCUT2D eigenvalue weighted by molar-refractivity contribution is -0.179. The van der Waals surface area contributed by atoms with Crippen molar-refractivity contribution in [3.8, 4) is 11.8 Å². The number of fused-ring (bicyclic) bond motifs is 1. The number of aromatic nitrogens is 3. The molecule has 2 aromatic heterocycles. The van der Waals surface area contributed by atoms with Gasteiger partial charge in [-0.2, -0.15) is 15.4 Å². The minimum absolute atomic E-state index is 0.0424. The first-order chi connectivity index (χ1) is 27.8. The van der Waals surface area contributed by atoms with Crippen molar-refractivity contribution >= 4 is 43.0 Å². The second kappa shape index (κ2) is 17.3. The number of nitrogens with one attached hydrogen (secondary N) is 1. The normalized spacial score (nSPS) is 23.8. The number of carbonyl (C=O) groups is 4. The van der Waals surface area contributed by atoms with Crippen LogP contribution < -0.4 is 15.3 Å². The molecule has 6 rings (SSSR count). The average Bonchev–Trinajstić information content (AvgIpc) is 3.70. The summed E-state index contributed by atoms with van der Waals surface area (Å²) in [7, 11) is -4.76. The zero-order valence-corrected chi connectivity index (χ0v) is 34.8. The molecule has 1 unspecified atom stereocenters. The minimum Gasteiger partial charge on any atom is -0.462 e. The number of nitrogens with two attached hydrogens (primary N) is 1. The number of nitrogen functional groups attached to an aromatic ring is 1. The summed E-state index contributed by atoms with van der Waals surface area (Å²) in [5.41, 5.74) is 2.02. The van der Waals surface area contributed by atoms with Crippen LogP contribution >= 0.6 is 7.75 Å². The molecule has 0 amide bonds. The Morgan fingerprint density at radius 3 is 2.17 bits per heavy atom. The largest absolute Gasteiger partial charge is 0.462 e. The van der Waals surface area contributed by atoms with E-state index < -0.39 is 85.4 Å². The van der Waals surface area contributed by atoms with Gasteiger partial charge in [0.1, 0.15) is 48.0 Å². The third-order valence-electron chi connectivity index (χ3n) is 10.2. The van der Waals surface area contributed by atoms with E-state index in [4.69, 9.17) is 38.5 Å². The number of nitrogens with zero attached hydrogens (tertiary/aromatic N) is 4. The average molecular weight is 839 g/mol. The SMILES string of the molecule is CC(C)(C)C(=O)O[C@H]1[C@@H](OC(=O)C(C)(C)C)[C@](C#N)(c2ccc3c(N)ncnn23)O[C@@H]1COP(=O)(N[C@@H](CC(=O)OC1CCC1)C(=O)OC1CCC1)Oc1ccccc1. The van der Waals surface area contributed by atoms with Crippen molar-refractivity contribution in [1.82, 2.24) is 19.7 Å². The molecule has 3 aliphatic rings. The number of rotatable bonds is 15. The van der Waals surface area contributed by atoms with Gasteiger partial charge in [-0.05, 0) is 104 Å². The van der Waals surface area contributed by atoms with Gasteiger partial charge in [0.2, 0.25) is 5.60 Å². The molecular formula is C40H51N6O12P. The number of anilines is 1. The summed E-state index contributed by atoms with van der Waals surface area (Å²) in [6.07, 6.45) is -0.409. The van der Waals surface area contributed by atoms with Crippen molar-refractivity contribution in [3.63, 3.8) is 0 Å². The van der Waals surface area contributed by atoms with Crippen molar-refractivity contribution in [2.45, 2.75) is 129 Å². The molecule has 0 bridgehead atoms. The van der Waals surface area contributed by atoms with Crippen molar-refractivity contribution in [2.75, 3.05) is 12.3 Å². The van der Waals surface area contributed by atoms with Crippen LogP contribution in [0.2, 0.25) is 0 Å². The highest BCUT2D eigenvalue weighted by Crippen LogP contribution is 2.49. The molecule has 0 radical (unpaired) electrons. The Morgan fingerprint density at radius 2 is 1.58 bits per heavy atom. The molecule has 2 saturated carbocycles. The summed E-state index contributed by atoms with van der Waals surface area (Å²) in [6, 6.07) is 11.5. The molecule has 318 valence electrons. The van der Waals surface area contributed by atoms with E-state index in [0.29, 0.717) is 31.2 Å². The number of esters is 4. The topological polar surface area (TPSA) is 242 Å². The lowest BCUT2D eigenvalue weighted by Gasteiger charge is -2.32. The van der Waals surface area contributed by atoms with Crippen molar-refractivity contribution in [1.29, 1.82) is 5.26 Å². The van der Waals surface area contributed by atoms with Crippen LogP contribution in [0.15, 0.2) is 48.8 Å². The van der Waals surface area contributed by atoms with Gasteiger partial charge in [0.05, 0.1) is 29.6 Å². The standard InChI is InChI=1S/C40H51N6O12P/c1-38(2,3)36(49)55-32-29(57-40(22-41,33(32)56-37(50)39(4,5)6)30-19-18-28-34(42)43-23-44-46(28)30)21-52-59(51,58-26-12-8-7-9-13-26)45-27(35(48)54-25-16-11-17-25)20-31(47)53-24-14-10-15-24/h7-9,12-13,18-19,23-25,27,29,32-33H,10-11,14-17,20-21H2,1-6H3,(H,45,51)(H2,42,43,44)/t27-,29+,32+,33+,40-,59?/m0/s1. The molecule has 59 heavy (non-hydrogen) atoms. The van der Waals surface area contributed by atoms with Gasteiger partial charge in [-0.25, -0.2) is 14.1 Å². The van der Waals surface area contributed by atoms with Gasteiger partial charge in [-0.15, -0.1) is 0 Å². The van der Waals surface area contributed by atoms with Gasteiger partial charge < -0.3 is 33.9 Å². The molecule has 0 spiro atoms. The lowest BCUT2D eigenvalue weighted by Crippen LogP contribution is -2.48. The molecule has 1 saturated heterocycles. The molecule has 18 nitrogen and oxygen atoms in total. The maximum Gasteiger partial charge on any atom is 0.459 e. The molecule has 3 aromatic rings. The Hall–Kier alpha value is -5.08. The van der Waals surface area contributed by atoms with E-state index in [1.54, 1.807) is 65.8 Å². The molecule has 3 heterocycles. The van der Waals surface area contributed by atoms with Gasteiger partial charge in [0.25, 0.3) is 0 Å². The maximum absolute atomic E-state index is 15.0. The van der Waals surface area contributed by atoms with Crippen LogP contribution in [-0.4, -0.2) is 81.6 Å². The van der Waals surface area contributed by atoms with Crippen LogP contribution in [0.4, 0.5) is 5.82 Å². The first kappa shape index (κ1) is 43.5. The van der Waals surface area contributed by atoms with Gasteiger partial charge in [-0.3, -0.25) is 23.7 Å². The van der Waals surface area contributed by atoms with Crippen LogP contribution in [0, 0.1) is 22.2 Å². The molecule has 6 atom stereocenters. The van der Waals surface area contributed by atoms with Crippen LogP contribution in [-0.2, 0) is 57.6 Å². The number of carbonyl (C=O) groups excluding carboxylic acids is 4. The van der Waals surface area contributed by atoms with E-state index in [9.17, 15) is 29.0 Å². The van der Waals surface area contributed by atoms with E-state index in [1.165, 1.54) is 22.7 Å². The molecule has 2 aliphatic carbocycles. The van der Waals surface area contributed by atoms with E-state index in [0.717, 1.165) is 19.2 Å². The summed E-state index contributed by atoms with van der Waals surface area (Å²) in [5.74, 6) is -2.96. The fraction of sp³-hybridized carbons (Fsp3) is 0.575. The molecule has 3 fully saturated rings. The smallest absolute Gasteiger partial charge is 0.459 e. The Bertz CT molecular complexity index is 2120. The van der Waals surface area contributed by atoms with E-state index >= 15 is 0 Å². The number of para-hydroxylation sites is 1. The van der Waals surface area contributed by atoms with E-state index in [-0.39, 0.29) is 29.5 Å². The van der Waals surface area contributed by atoms with Crippen LogP contribution in [0.3, 0.4) is 0 Å². The third-order valence-corrected chi connectivity index (χ3v) is 11.7. The summed E-state index contributed by atoms with van der Waals surface area (Å²) < 4.78 is 58.1. The number of hydrogen-bond acceptors (Lipinski definition) is 16. The van der Waals surface area contributed by atoms with Crippen molar-refractivity contribution in [2.24, 2.45) is 10.8 Å². The Morgan fingerprint density at radius 1 is 0.949 bits per heavy atom. The monoisotopic (exact) mass is 838 g/mol. The Labute approximate surface area is 341 Å². The highest BCUT2D eigenvalue weighted by molar-refractivity contribution is 7.52. The van der Waals surface area contributed by atoms with Crippen molar-refractivity contribution in [3.05, 3.63) is 54.5 Å². The fourth-order valence-corrected chi connectivity index (χ4v) is 7.78. The fourth-order valence-electron chi connectivity index (χ4n) is 6.27. The van der Waals surface area contributed by atoms with E-state index in [2.05, 4.69) is 21.2 Å². The first-order valence-corrected chi connectivity index (χ1v) is 21.1. The lowest BCUT2D eigenvalue weighted by atomic mass is 9.90.